The van der Waals surface area contributed by atoms with Gasteiger partial charge in [0.2, 0.25) is 0 Å². The van der Waals surface area contributed by atoms with Gasteiger partial charge in [-0.25, -0.2) is 0 Å². The third-order valence-corrected chi connectivity index (χ3v) is 4.26. The van der Waals surface area contributed by atoms with Crippen LogP contribution in [0.1, 0.15) is 31.7 Å². The topological polar surface area (TPSA) is 43.7 Å². The summed E-state index contributed by atoms with van der Waals surface area (Å²) < 4.78 is 0. The van der Waals surface area contributed by atoms with E-state index in [0.29, 0.717) is 0 Å². The summed E-state index contributed by atoms with van der Waals surface area (Å²) >= 11 is 0. The summed E-state index contributed by atoms with van der Waals surface area (Å²) in [5.41, 5.74) is 0.788. The Balaban J connectivity index is 2.43. The standard InChI is InChI=1S/C15H23NO2/c1-3-15(12-6-4-7-13(17)10-12)11-16(2)9-5-8-14(15)18/h4,6-7,10,14,17-18H,3,5,8-9,11H2,1-2H3/t14-,15-/m1/s1. The second-order valence-corrected chi connectivity index (χ2v) is 5.46. The normalized spacial score (nSPS) is 30.1. The monoisotopic (exact) mass is 249 g/mol. The smallest absolute Gasteiger partial charge is 0.115 e. The lowest BCUT2D eigenvalue weighted by Gasteiger charge is -2.38. The fourth-order valence-corrected chi connectivity index (χ4v) is 3.15. The molecule has 1 aromatic rings. The predicted octanol–water partition coefficient (Wildman–Crippen LogP) is 2.13. The molecule has 0 bridgehead atoms. The number of aromatic hydroxyl groups is 1. The first-order valence-corrected chi connectivity index (χ1v) is 6.74. The van der Waals surface area contributed by atoms with Crippen LogP contribution < -0.4 is 0 Å². The van der Waals surface area contributed by atoms with Crippen LogP contribution in [0.2, 0.25) is 0 Å². The Morgan fingerprint density at radius 1 is 1.44 bits per heavy atom. The number of hydrogen-bond donors (Lipinski definition) is 2. The fourth-order valence-electron chi connectivity index (χ4n) is 3.15. The molecule has 1 saturated heterocycles. The predicted molar refractivity (Wildman–Crippen MR) is 72.8 cm³/mol. The molecule has 1 heterocycles. The first-order chi connectivity index (χ1) is 8.58. The molecule has 1 aromatic carbocycles. The van der Waals surface area contributed by atoms with Crippen molar-refractivity contribution in [3.8, 4) is 5.75 Å². The SMILES string of the molecule is CC[C@]1(c2cccc(O)c2)CN(C)CCC[C@H]1O. The van der Waals surface area contributed by atoms with Crippen molar-refractivity contribution >= 4 is 0 Å². The van der Waals surface area contributed by atoms with Gasteiger partial charge in [-0.05, 0) is 50.6 Å². The van der Waals surface area contributed by atoms with E-state index in [2.05, 4.69) is 18.9 Å². The van der Waals surface area contributed by atoms with Gasteiger partial charge in [0.05, 0.1) is 6.10 Å². The van der Waals surface area contributed by atoms with Gasteiger partial charge in [-0.1, -0.05) is 19.1 Å². The molecule has 1 aliphatic rings. The fraction of sp³-hybridized carbons (Fsp3) is 0.600. The minimum Gasteiger partial charge on any atom is -0.508 e. The molecule has 0 aliphatic carbocycles. The molecule has 0 spiro atoms. The molecular weight excluding hydrogens is 226 g/mol. The molecule has 3 nitrogen and oxygen atoms in total. The van der Waals surface area contributed by atoms with Crippen molar-refractivity contribution in [2.75, 3.05) is 20.1 Å². The van der Waals surface area contributed by atoms with Gasteiger partial charge >= 0.3 is 0 Å². The second-order valence-electron chi connectivity index (χ2n) is 5.46. The number of aliphatic hydroxyl groups excluding tert-OH is 1. The number of likely N-dealkylation sites (tertiary alicyclic amines) is 1. The van der Waals surface area contributed by atoms with E-state index in [1.165, 1.54) is 0 Å². The van der Waals surface area contributed by atoms with Gasteiger partial charge in [0.25, 0.3) is 0 Å². The molecule has 0 unspecified atom stereocenters. The minimum atomic E-state index is -0.339. The van der Waals surface area contributed by atoms with E-state index in [4.69, 9.17) is 0 Å². The molecule has 2 rings (SSSR count). The quantitative estimate of drug-likeness (QED) is 0.844. The third kappa shape index (κ3) is 2.38. The zero-order valence-corrected chi connectivity index (χ0v) is 11.3. The summed E-state index contributed by atoms with van der Waals surface area (Å²) in [5.74, 6) is 0.277. The Bertz CT molecular complexity index is 407. The Morgan fingerprint density at radius 3 is 2.89 bits per heavy atom. The van der Waals surface area contributed by atoms with Crippen molar-refractivity contribution in [2.24, 2.45) is 0 Å². The van der Waals surface area contributed by atoms with Crippen LogP contribution in [-0.4, -0.2) is 41.4 Å². The van der Waals surface area contributed by atoms with E-state index < -0.39 is 0 Å². The molecule has 2 atom stereocenters. The zero-order chi connectivity index (χ0) is 13.2. The van der Waals surface area contributed by atoms with Gasteiger partial charge in [0.1, 0.15) is 5.75 Å². The average Bonchev–Trinajstić information content (AvgIpc) is 2.49. The highest BCUT2D eigenvalue weighted by Crippen LogP contribution is 2.37. The average molecular weight is 249 g/mol. The first-order valence-electron chi connectivity index (χ1n) is 6.74. The van der Waals surface area contributed by atoms with Gasteiger partial charge < -0.3 is 15.1 Å². The summed E-state index contributed by atoms with van der Waals surface area (Å²) in [5, 5.41) is 20.2. The molecule has 18 heavy (non-hydrogen) atoms. The summed E-state index contributed by atoms with van der Waals surface area (Å²) in [6, 6.07) is 7.36. The lowest BCUT2D eigenvalue weighted by molar-refractivity contribution is 0.0652. The van der Waals surface area contributed by atoms with E-state index >= 15 is 0 Å². The van der Waals surface area contributed by atoms with Crippen molar-refractivity contribution in [3.63, 3.8) is 0 Å². The van der Waals surface area contributed by atoms with Crippen LogP contribution in [0.5, 0.6) is 5.75 Å². The summed E-state index contributed by atoms with van der Waals surface area (Å²) in [7, 11) is 2.10. The summed E-state index contributed by atoms with van der Waals surface area (Å²) in [6.45, 7) is 3.98. The molecule has 100 valence electrons. The first kappa shape index (κ1) is 13.4. The zero-order valence-electron chi connectivity index (χ0n) is 11.3. The highest BCUT2D eigenvalue weighted by Gasteiger charge is 2.40. The maximum absolute atomic E-state index is 10.6. The number of nitrogens with zero attached hydrogens (tertiary/aromatic N) is 1. The van der Waals surface area contributed by atoms with E-state index in [1.54, 1.807) is 12.1 Å². The van der Waals surface area contributed by atoms with Crippen LogP contribution in [0.4, 0.5) is 0 Å². The van der Waals surface area contributed by atoms with E-state index in [1.807, 2.05) is 12.1 Å². The highest BCUT2D eigenvalue weighted by atomic mass is 16.3. The van der Waals surface area contributed by atoms with Gasteiger partial charge in [-0.3, -0.25) is 0 Å². The number of phenolic OH excluding ortho intramolecular Hbond substituents is 1. The lowest BCUT2D eigenvalue weighted by Crippen LogP contribution is -2.45. The van der Waals surface area contributed by atoms with Crippen LogP contribution in [0.15, 0.2) is 24.3 Å². The molecule has 0 aromatic heterocycles. The van der Waals surface area contributed by atoms with Gasteiger partial charge in [-0.15, -0.1) is 0 Å². The van der Waals surface area contributed by atoms with E-state index in [0.717, 1.165) is 37.9 Å². The van der Waals surface area contributed by atoms with Crippen LogP contribution in [0.25, 0.3) is 0 Å². The van der Waals surface area contributed by atoms with E-state index in [9.17, 15) is 10.2 Å². The summed E-state index contributed by atoms with van der Waals surface area (Å²) in [6.07, 6.45) is 2.39. The number of aliphatic hydroxyl groups is 1. The molecular formula is C15H23NO2. The Morgan fingerprint density at radius 2 is 2.22 bits per heavy atom. The highest BCUT2D eigenvalue weighted by molar-refractivity contribution is 5.35. The van der Waals surface area contributed by atoms with Crippen molar-refractivity contribution in [1.29, 1.82) is 0 Å². The number of benzene rings is 1. The lowest BCUT2D eigenvalue weighted by atomic mass is 9.72. The van der Waals surface area contributed by atoms with Crippen LogP contribution >= 0.6 is 0 Å². The van der Waals surface area contributed by atoms with Crippen LogP contribution in [-0.2, 0) is 5.41 Å². The maximum Gasteiger partial charge on any atom is 0.115 e. The minimum absolute atomic E-state index is 0.260. The second kappa shape index (κ2) is 5.29. The van der Waals surface area contributed by atoms with Crippen molar-refractivity contribution in [1.82, 2.24) is 4.90 Å². The Labute approximate surface area is 109 Å². The van der Waals surface area contributed by atoms with Gasteiger partial charge in [0.15, 0.2) is 0 Å². The van der Waals surface area contributed by atoms with Crippen molar-refractivity contribution < 1.29 is 10.2 Å². The van der Waals surface area contributed by atoms with Crippen LogP contribution in [0.3, 0.4) is 0 Å². The number of phenols is 1. The maximum atomic E-state index is 10.6. The largest absolute Gasteiger partial charge is 0.508 e. The molecule has 0 amide bonds. The van der Waals surface area contributed by atoms with Crippen molar-refractivity contribution in [3.05, 3.63) is 29.8 Å². The molecule has 1 aliphatic heterocycles. The number of rotatable bonds is 2. The molecule has 3 heteroatoms. The Kier molecular flexibility index (Phi) is 3.93. The number of hydrogen-bond acceptors (Lipinski definition) is 3. The van der Waals surface area contributed by atoms with Crippen LogP contribution in [0, 0.1) is 0 Å². The number of likely N-dealkylation sites (N-methyl/N-ethyl adjacent to an activating group) is 1. The van der Waals surface area contributed by atoms with Gasteiger partial charge in [0, 0.05) is 12.0 Å². The Hall–Kier alpha value is -1.06. The molecule has 0 saturated carbocycles. The van der Waals surface area contributed by atoms with Gasteiger partial charge in [-0.2, -0.15) is 0 Å². The summed E-state index contributed by atoms with van der Waals surface area (Å²) in [4.78, 5) is 2.28. The molecule has 1 fully saturated rings. The molecule has 2 N–H and O–H groups in total. The molecule has 0 radical (unpaired) electrons. The van der Waals surface area contributed by atoms with E-state index in [-0.39, 0.29) is 17.3 Å². The third-order valence-electron chi connectivity index (χ3n) is 4.26. The van der Waals surface area contributed by atoms with Crippen molar-refractivity contribution in [2.45, 2.75) is 37.7 Å².